The van der Waals surface area contributed by atoms with Crippen molar-refractivity contribution >= 4 is 26.6 Å². The summed E-state index contributed by atoms with van der Waals surface area (Å²) in [6, 6.07) is 8.80. The van der Waals surface area contributed by atoms with E-state index in [0.717, 1.165) is 47.8 Å². The number of unbranched alkanes of at least 4 members (excludes halogenated alkanes) is 2. The van der Waals surface area contributed by atoms with Crippen molar-refractivity contribution in [2.24, 2.45) is 0 Å². The van der Waals surface area contributed by atoms with E-state index in [1.54, 1.807) is 12.1 Å². The van der Waals surface area contributed by atoms with Gasteiger partial charge in [-0.25, -0.2) is 8.42 Å². The molecule has 0 bridgehead atoms. The maximum absolute atomic E-state index is 11.7. The molecule has 0 atom stereocenters. The number of nitrogens with zero attached hydrogens (tertiary/aromatic N) is 1. The van der Waals surface area contributed by atoms with Crippen molar-refractivity contribution in [1.82, 2.24) is 0 Å². The zero-order chi connectivity index (χ0) is 21.9. The Morgan fingerprint density at radius 1 is 1.07 bits per heavy atom. The fraction of sp³-hybridized carbons (Fsp3) is 0.360. The van der Waals surface area contributed by atoms with Crippen LogP contribution in [0.15, 0.2) is 71.3 Å². The summed E-state index contributed by atoms with van der Waals surface area (Å²) in [5.41, 5.74) is 3.02. The molecule has 0 aromatic heterocycles. The first-order valence-electron chi connectivity index (χ1n) is 10.5. The van der Waals surface area contributed by atoms with E-state index in [0.29, 0.717) is 0 Å². The van der Waals surface area contributed by atoms with E-state index in [1.165, 1.54) is 11.8 Å². The molecule has 2 aromatic carbocycles. The summed E-state index contributed by atoms with van der Waals surface area (Å²) < 4.78 is 35.0. The van der Waals surface area contributed by atoms with Crippen LogP contribution in [0, 0.1) is 0 Å². The molecule has 2 aromatic rings. The number of anilines is 1. The molecule has 0 amide bonds. The van der Waals surface area contributed by atoms with Gasteiger partial charge in [-0.05, 0) is 54.0 Å². The molecule has 5 heteroatoms. The Balaban J connectivity index is 2.23. The van der Waals surface area contributed by atoms with Gasteiger partial charge in [-0.2, -0.15) is 0 Å². The van der Waals surface area contributed by atoms with Crippen molar-refractivity contribution in [1.29, 1.82) is 0 Å². The zero-order valence-corrected chi connectivity index (χ0v) is 19.0. The highest BCUT2D eigenvalue weighted by molar-refractivity contribution is 7.85. The van der Waals surface area contributed by atoms with Gasteiger partial charge >= 0.3 is 0 Å². The lowest BCUT2D eigenvalue weighted by atomic mass is 9.81. The third kappa shape index (κ3) is 4.23. The Morgan fingerprint density at radius 3 is 2.47 bits per heavy atom. The van der Waals surface area contributed by atoms with Crippen LogP contribution < -0.4 is 4.90 Å². The average molecular weight is 425 g/mol. The summed E-state index contributed by atoms with van der Waals surface area (Å²) in [6.45, 7) is 9.41. The van der Waals surface area contributed by atoms with Gasteiger partial charge in [0.1, 0.15) is 10.1 Å². The Hall–Kier alpha value is -2.37. The van der Waals surface area contributed by atoms with Gasteiger partial charge in [-0.3, -0.25) is 0 Å². The predicted octanol–water partition coefficient (Wildman–Crippen LogP) is 6.05. The first-order chi connectivity index (χ1) is 14.2. The first kappa shape index (κ1) is 22.3. The molecule has 0 N–H and O–H groups in total. The van der Waals surface area contributed by atoms with Crippen LogP contribution in [-0.4, -0.2) is 19.5 Å². The van der Waals surface area contributed by atoms with Gasteiger partial charge in [-0.1, -0.05) is 70.0 Å². The zero-order valence-electron chi connectivity index (χ0n) is 18.2. The molecular weight excluding hydrogens is 394 g/mol. The molecule has 1 aliphatic heterocycles. The van der Waals surface area contributed by atoms with Crippen molar-refractivity contribution in [3.05, 3.63) is 72.0 Å². The number of hydrogen-bond acceptors (Lipinski definition) is 4. The van der Waals surface area contributed by atoms with E-state index in [9.17, 15) is 13.0 Å². The molecule has 160 valence electrons. The molecule has 30 heavy (non-hydrogen) atoms. The van der Waals surface area contributed by atoms with Crippen LogP contribution in [0.5, 0.6) is 0 Å². The highest BCUT2D eigenvalue weighted by Gasteiger charge is 2.40. The molecule has 0 aliphatic carbocycles. The van der Waals surface area contributed by atoms with Crippen molar-refractivity contribution in [3.63, 3.8) is 0 Å². The highest BCUT2D eigenvalue weighted by Crippen LogP contribution is 2.51. The summed E-state index contributed by atoms with van der Waals surface area (Å²) >= 11 is 0. The van der Waals surface area contributed by atoms with Crippen LogP contribution in [0.4, 0.5) is 5.69 Å². The van der Waals surface area contributed by atoms with Crippen LogP contribution in [-0.2, 0) is 15.5 Å². The maximum Gasteiger partial charge on any atom is 0.124 e. The second-order valence-electron chi connectivity index (χ2n) is 8.24. The molecule has 0 saturated heterocycles. The van der Waals surface area contributed by atoms with Crippen LogP contribution >= 0.6 is 0 Å². The molecule has 0 fully saturated rings. The molecule has 1 heterocycles. The molecule has 4 nitrogen and oxygen atoms in total. The van der Waals surface area contributed by atoms with Gasteiger partial charge in [0.05, 0.1) is 4.90 Å². The minimum Gasteiger partial charge on any atom is -0.744 e. The van der Waals surface area contributed by atoms with Crippen LogP contribution in [0.2, 0.25) is 0 Å². The third-order valence-corrected chi connectivity index (χ3v) is 6.59. The minimum atomic E-state index is -4.51. The number of allylic oxidation sites excluding steroid dienone is 6. The topological polar surface area (TPSA) is 60.4 Å². The van der Waals surface area contributed by atoms with Crippen LogP contribution in [0.1, 0.15) is 52.5 Å². The van der Waals surface area contributed by atoms with Gasteiger partial charge in [0.15, 0.2) is 0 Å². The average Bonchev–Trinajstić information content (AvgIpc) is 2.91. The second-order valence-corrected chi connectivity index (χ2v) is 9.62. The van der Waals surface area contributed by atoms with Crippen molar-refractivity contribution in [2.75, 3.05) is 11.4 Å². The highest BCUT2D eigenvalue weighted by atomic mass is 32.2. The molecule has 0 saturated carbocycles. The number of hydrogen-bond donors (Lipinski definition) is 0. The van der Waals surface area contributed by atoms with E-state index < -0.39 is 10.1 Å². The van der Waals surface area contributed by atoms with Gasteiger partial charge in [0.2, 0.25) is 0 Å². The van der Waals surface area contributed by atoms with Crippen LogP contribution in [0.25, 0.3) is 10.8 Å². The Bertz CT molecular complexity index is 1120. The predicted molar refractivity (Wildman–Crippen MR) is 124 cm³/mol. The number of benzene rings is 2. The van der Waals surface area contributed by atoms with Crippen molar-refractivity contribution < 1.29 is 13.0 Å². The standard InChI is InChI=1S/C25H31NO3S/c1-5-7-9-10-12-23-25(3,4)24-21-18-20(30(27,28)29)15-13-19(21)14-16-22(24)26(23)17-11-8-6-2/h5,7,9-10,12-16,18H,6,8,11,17H2,1-4H3,(H,27,28,29)/p-1/b7-5+,10-9+,23-12+. The van der Waals surface area contributed by atoms with Gasteiger partial charge in [0.25, 0.3) is 0 Å². The molecule has 3 rings (SSSR count). The SMILES string of the molecule is C/C=C/C=C/C=C1/N(CCCCC)c2ccc3ccc(S(=O)(=O)[O-])cc3c2C1(C)C. The van der Waals surface area contributed by atoms with Crippen molar-refractivity contribution in [3.8, 4) is 0 Å². The Morgan fingerprint density at radius 2 is 1.80 bits per heavy atom. The van der Waals surface area contributed by atoms with Gasteiger partial charge < -0.3 is 9.45 Å². The summed E-state index contributed by atoms with van der Waals surface area (Å²) in [7, 11) is -4.51. The first-order valence-corrected chi connectivity index (χ1v) is 11.9. The van der Waals surface area contributed by atoms with Gasteiger partial charge in [0, 0.05) is 23.3 Å². The summed E-state index contributed by atoms with van der Waals surface area (Å²) in [4.78, 5) is 2.17. The third-order valence-electron chi connectivity index (χ3n) is 5.76. The Labute approximate surface area is 180 Å². The minimum absolute atomic E-state index is 0.179. The number of fused-ring (bicyclic) bond motifs is 3. The molecule has 0 spiro atoms. The molecule has 1 aliphatic rings. The summed E-state index contributed by atoms with van der Waals surface area (Å²) in [5, 5.41) is 1.77. The molecule has 0 radical (unpaired) electrons. The molecule has 0 unspecified atom stereocenters. The smallest absolute Gasteiger partial charge is 0.124 e. The van der Waals surface area contributed by atoms with Gasteiger partial charge in [-0.15, -0.1) is 0 Å². The lowest BCUT2D eigenvalue weighted by Gasteiger charge is -2.27. The van der Waals surface area contributed by atoms with Crippen molar-refractivity contribution in [2.45, 2.75) is 57.3 Å². The Kier molecular flexibility index (Phi) is 6.53. The maximum atomic E-state index is 11.7. The fourth-order valence-corrected chi connectivity index (χ4v) is 4.80. The lowest BCUT2D eigenvalue weighted by molar-refractivity contribution is 0.463. The summed E-state index contributed by atoms with van der Waals surface area (Å²) in [5.74, 6) is 0. The van der Waals surface area contributed by atoms with E-state index in [4.69, 9.17) is 0 Å². The summed E-state index contributed by atoms with van der Waals surface area (Å²) in [6.07, 6.45) is 13.6. The lowest BCUT2D eigenvalue weighted by Crippen LogP contribution is -2.27. The van der Waals surface area contributed by atoms with E-state index >= 15 is 0 Å². The largest absolute Gasteiger partial charge is 0.744 e. The normalized spacial score (nSPS) is 17.6. The monoisotopic (exact) mass is 424 g/mol. The fourth-order valence-electron chi connectivity index (χ4n) is 4.30. The van der Waals surface area contributed by atoms with E-state index in [-0.39, 0.29) is 10.3 Å². The van der Waals surface area contributed by atoms with E-state index in [1.807, 2.05) is 37.3 Å². The molecular formula is C25H30NO3S-. The second kappa shape index (κ2) is 8.78. The van der Waals surface area contributed by atoms with E-state index in [2.05, 4.69) is 37.8 Å². The number of rotatable bonds is 7. The quantitative estimate of drug-likeness (QED) is 0.308. The van der Waals surface area contributed by atoms with Crippen LogP contribution in [0.3, 0.4) is 0 Å².